The lowest BCUT2D eigenvalue weighted by molar-refractivity contribution is -0.121. The molecule has 0 bridgehead atoms. The van der Waals surface area contributed by atoms with Gasteiger partial charge in [-0.1, -0.05) is 53.5 Å². The fourth-order valence-corrected chi connectivity index (χ4v) is 7.47. The Labute approximate surface area is 293 Å². The third kappa shape index (κ3) is 6.94. The van der Waals surface area contributed by atoms with Gasteiger partial charge in [0, 0.05) is 80.1 Å². The molecule has 254 valence electrons. The van der Waals surface area contributed by atoms with Gasteiger partial charge in [-0.25, -0.2) is 9.37 Å². The fraction of sp³-hybridized carbons (Fsp3) is 0.333. The largest absolute Gasteiger partial charge is 0.481 e. The molecule has 0 unspecified atom stereocenters. The van der Waals surface area contributed by atoms with Crippen molar-refractivity contribution in [1.82, 2.24) is 30.8 Å². The molecule has 4 aromatic rings. The van der Waals surface area contributed by atoms with Crippen molar-refractivity contribution < 1.29 is 18.7 Å². The molecule has 3 aliphatic heterocycles. The molecule has 0 aliphatic carbocycles. The molecule has 1 atom stereocenters. The summed E-state index contributed by atoms with van der Waals surface area (Å²) < 4.78 is 21.4. The van der Waals surface area contributed by atoms with E-state index in [-0.39, 0.29) is 29.2 Å². The van der Waals surface area contributed by atoms with Gasteiger partial charge in [-0.2, -0.15) is 0 Å². The zero-order valence-electron chi connectivity index (χ0n) is 26.9. The summed E-state index contributed by atoms with van der Waals surface area (Å²) in [6.45, 7) is 3.04. The number of nitrogens with zero attached hydrogens (tertiary/aromatic N) is 3. The maximum Gasteiger partial charge on any atom is 0.220 e. The Morgan fingerprint density at radius 3 is 2.55 bits per heavy atom. The van der Waals surface area contributed by atoms with E-state index in [1.807, 2.05) is 30.3 Å². The number of ether oxygens (including phenoxy) is 1. The first kappa shape index (κ1) is 33.2. The zero-order chi connectivity index (χ0) is 34.1. The number of carbonyl (C=O) groups excluding carboxylic acids is 2. The molecule has 1 spiro atoms. The van der Waals surface area contributed by atoms with Gasteiger partial charge in [0.2, 0.25) is 17.7 Å². The Morgan fingerprint density at radius 2 is 1.80 bits per heavy atom. The second-order valence-electron chi connectivity index (χ2n) is 12.9. The smallest absolute Gasteiger partial charge is 0.220 e. The quantitative estimate of drug-likeness (QED) is 0.154. The molecule has 0 radical (unpaired) electrons. The maximum atomic E-state index is 15.7. The predicted octanol–water partition coefficient (Wildman–Crippen LogP) is 5.84. The molecule has 3 aliphatic rings. The highest BCUT2D eigenvalue weighted by Gasteiger charge is 2.47. The summed E-state index contributed by atoms with van der Waals surface area (Å²) in [6.07, 6.45) is 4.39. The average Bonchev–Trinajstić information content (AvgIpc) is 3.69. The summed E-state index contributed by atoms with van der Waals surface area (Å²) in [7, 11) is 1.57. The van der Waals surface area contributed by atoms with Crippen LogP contribution < -0.4 is 26.0 Å². The number of halogens is 3. The summed E-state index contributed by atoms with van der Waals surface area (Å²) in [5, 5.41) is 13.3. The first-order valence-corrected chi connectivity index (χ1v) is 17.0. The highest BCUT2D eigenvalue weighted by molar-refractivity contribution is 6.39. The Morgan fingerprint density at radius 1 is 0.980 bits per heavy atom. The van der Waals surface area contributed by atoms with Crippen molar-refractivity contribution in [3.05, 3.63) is 87.8 Å². The zero-order valence-corrected chi connectivity index (χ0v) is 28.4. The van der Waals surface area contributed by atoms with E-state index in [1.165, 1.54) is 0 Å². The van der Waals surface area contributed by atoms with Crippen molar-refractivity contribution in [3.8, 4) is 28.4 Å². The van der Waals surface area contributed by atoms with Gasteiger partial charge in [0.15, 0.2) is 5.82 Å². The third-order valence-corrected chi connectivity index (χ3v) is 10.2. The lowest BCUT2D eigenvalue weighted by atomic mass is 9.88. The topological polar surface area (TPSA) is 121 Å². The van der Waals surface area contributed by atoms with Crippen LogP contribution in [0.3, 0.4) is 0 Å². The Hall–Kier alpha value is -4.29. The van der Waals surface area contributed by atoms with Crippen LogP contribution in [0.5, 0.6) is 5.88 Å². The number of carbonyl (C=O) groups is 2. The highest BCUT2D eigenvalue weighted by atomic mass is 35.5. The van der Waals surface area contributed by atoms with Gasteiger partial charge in [0.05, 0.1) is 45.5 Å². The lowest BCUT2D eigenvalue weighted by Gasteiger charge is -2.48. The van der Waals surface area contributed by atoms with Crippen LogP contribution in [0.25, 0.3) is 22.5 Å². The van der Waals surface area contributed by atoms with Gasteiger partial charge in [0.1, 0.15) is 0 Å². The highest BCUT2D eigenvalue weighted by Crippen LogP contribution is 2.41. The van der Waals surface area contributed by atoms with E-state index in [0.717, 1.165) is 18.4 Å². The van der Waals surface area contributed by atoms with Crippen molar-refractivity contribution in [2.45, 2.75) is 50.4 Å². The van der Waals surface area contributed by atoms with Crippen LogP contribution in [0.1, 0.15) is 36.8 Å². The maximum absolute atomic E-state index is 15.7. The van der Waals surface area contributed by atoms with Gasteiger partial charge in [-0.3, -0.25) is 19.5 Å². The lowest BCUT2D eigenvalue weighted by Crippen LogP contribution is -2.66. The van der Waals surface area contributed by atoms with Crippen LogP contribution in [0.4, 0.5) is 15.8 Å². The molecule has 13 heteroatoms. The average molecular weight is 705 g/mol. The van der Waals surface area contributed by atoms with Gasteiger partial charge >= 0.3 is 0 Å². The summed E-state index contributed by atoms with van der Waals surface area (Å²) >= 11 is 13.9. The van der Waals surface area contributed by atoms with Gasteiger partial charge in [-0.15, -0.1) is 0 Å². The first-order valence-electron chi connectivity index (χ1n) is 16.3. The SMILES string of the molecule is COc1nc(-c2ccnc(-c3cccc(Nc4cccc(CN5CC6(CCC(=O)N6)C5)c4F)c3Cl)c2Cl)ccc1CNC[C@H]1CCC(=O)N1. The molecular formula is C36H36Cl2FN7O3. The van der Waals surface area contributed by atoms with Crippen molar-refractivity contribution in [1.29, 1.82) is 0 Å². The summed E-state index contributed by atoms with van der Waals surface area (Å²) in [6, 6.07) is 16.4. The number of likely N-dealkylation sites (tertiary alicyclic amines) is 1. The molecule has 7 rings (SSSR count). The van der Waals surface area contributed by atoms with Crippen LogP contribution in [0.15, 0.2) is 60.8 Å². The summed E-state index contributed by atoms with van der Waals surface area (Å²) in [5.74, 6) is 0.273. The molecule has 3 fully saturated rings. The number of anilines is 2. The Bertz CT molecular complexity index is 1920. The minimum atomic E-state index is -0.359. The van der Waals surface area contributed by atoms with E-state index in [0.29, 0.717) is 101 Å². The van der Waals surface area contributed by atoms with E-state index >= 15 is 4.39 Å². The first-order chi connectivity index (χ1) is 23.7. The number of hydrogen-bond acceptors (Lipinski definition) is 8. The number of nitrogens with one attached hydrogen (secondary N) is 4. The van der Waals surface area contributed by atoms with Crippen LogP contribution in [0, 0.1) is 5.82 Å². The second-order valence-corrected chi connectivity index (χ2v) is 13.6. The Kier molecular flexibility index (Phi) is 9.43. The number of hydrogen-bond donors (Lipinski definition) is 4. The normalized spacial score (nSPS) is 18.3. The van der Waals surface area contributed by atoms with Gasteiger partial charge in [-0.05, 0) is 37.1 Å². The Balaban J connectivity index is 1.07. The minimum Gasteiger partial charge on any atom is -0.481 e. The third-order valence-electron chi connectivity index (χ3n) is 9.37. The van der Waals surface area contributed by atoms with Gasteiger partial charge in [0.25, 0.3) is 0 Å². The summed E-state index contributed by atoms with van der Waals surface area (Å²) in [5.41, 5.74) is 4.35. The van der Waals surface area contributed by atoms with E-state index in [4.69, 9.17) is 32.9 Å². The molecule has 4 N–H and O–H groups in total. The molecule has 2 aromatic carbocycles. The van der Waals surface area contributed by atoms with Gasteiger partial charge < -0.3 is 26.0 Å². The van der Waals surface area contributed by atoms with Crippen molar-refractivity contribution >= 4 is 46.4 Å². The second kappa shape index (κ2) is 13.9. The van der Waals surface area contributed by atoms with E-state index < -0.39 is 0 Å². The van der Waals surface area contributed by atoms with E-state index in [1.54, 1.807) is 37.6 Å². The molecule has 3 saturated heterocycles. The molecule has 49 heavy (non-hydrogen) atoms. The fourth-order valence-electron chi connectivity index (χ4n) is 6.90. The van der Waals surface area contributed by atoms with Crippen LogP contribution in [-0.2, 0) is 22.7 Å². The molecule has 2 aromatic heterocycles. The summed E-state index contributed by atoms with van der Waals surface area (Å²) in [4.78, 5) is 34.6. The number of methoxy groups -OCH3 is 1. The molecule has 0 saturated carbocycles. The molecule has 2 amide bonds. The number of benzene rings is 2. The van der Waals surface area contributed by atoms with Crippen LogP contribution in [-0.4, -0.2) is 65.0 Å². The number of aromatic nitrogens is 2. The number of rotatable bonds is 11. The van der Waals surface area contributed by atoms with E-state index in [9.17, 15) is 9.59 Å². The minimum absolute atomic E-state index is 0.0848. The van der Waals surface area contributed by atoms with Crippen molar-refractivity contribution in [2.75, 3.05) is 32.1 Å². The monoisotopic (exact) mass is 703 g/mol. The van der Waals surface area contributed by atoms with Crippen LogP contribution >= 0.6 is 23.2 Å². The van der Waals surface area contributed by atoms with E-state index in [2.05, 4.69) is 31.2 Å². The predicted molar refractivity (Wildman–Crippen MR) is 187 cm³/mol. The molecule has 10 nitrogen and oxygen atoms in total. The molecule has 5 heterocycles. The number of amides is 2. The standard InChI is InChI=1S/C36H36Cl2FN7O3/c1-49-35-21(16-40-17-23-9-11-29(47)42-23)8-10-26(44-35)24-13-15-41-34(32(24)38)25-5-3-6-27(31(25)37)43-28-7-2-4-22(33(28)39)18-46-19-36(20-46)14-12-30(48)45-36/h2-8,10,13,15,23,40,43H,9,11-12,14,16-20H2,1H3,(H,42,47)(H,45,48)/t23-/m1/s1. The van der Waals surface area contributed by atoms with Crippen LogP contribution in [0.2, 0.25) is 10.0 Å². The van der Waals surface area contributed by atoms with Crippen molar-refractivity contribution in [3.63, 3.8) is 0 Å². The molecular weight excluding hydrogens is 668 g/mol. The number of pyridine rings is 2. The van der Waals surface area contributed by atoms with Crippen molar-refractivity contribution in [2.24, 2.45) is 0 Å².